The highest BCUT2D eigenvalue weighted by Crippen LogP contribution is 2.38. The van der Waals surface area contributed by atoms with E-state index in [-0.39, 0.29) is 0 Å². The summed E-state index contributed by atoms with van der Waals surface area (Å²) in [5.74, 6) is 0.845. The molecule has 0 radical (unpaired) electrons. The molecule has 0 aliphatic rings. The van der Waals surface area contributed by atoms with Gasteiger partial charge in [-0.25, -0.2) is 4.98 Å². The van der Waals surface area contributed by atoms with Crippen LogP contribution in [-0.2, 0) is 0 Å². The number of amides is 1. The maximum Gasteiger partial charge on any atom is 0.269 e. The molecule has 0 saturated heterocycles. The number of carbonyl (C=O) groups excluding carboxylic acids is 1. The summed E-state index contributed by atoms with van der Waals surface area (Å²) in [5.41, 5.74) is 7.16. The SMILES string of the molecule is CCOc1c(OC)cc(C(=O)NNc2nc(-c3ccc(Cl)cc3Cl)cs2)cc1OC. The summed E-state index contributed by atoms with van der Waals surface area (Å²) < 4.78 is 16.2. The number of anilines is 1. The van der Waals surface area contributed by atoms with Gasteiger partial charge in [-0.15, -0.1) is 11.3 Å². The van der Waals surface area contributed by atoms with Gasteiger partial charge in [0, 0.05) is 21.5 Å². The summed E-state index contributed by atoms with van der Waals surface area (Å²) in [4.78, 5) is 17.0. The van der Waals surface area contributed by atoms with Gasteiger partial charge in [0.25, 0.3) is 5.91 Å². The molecular weight excluding hydrogens is 449 g/mol. The molecule has 7 nitrogen and oxygen atoms in total. The van der Waals surface area contributed by atoms with Crippen LogP contribution in [0.4, 0.5) is 5.13 Å². The smallest absolute Gasteiger partial charge is 0.269 e. The standard InChI is InChI=1S/C20H19Cl2N3O4S/c1-4-29-18-16(27-2)7-11(8-17(18)28-3)19(26)24-25-20-23-15(10-30-20)13-6-5-12(21)9-14(13)22/h5-10H,4H2,1-3H3,(H,23,25)(H,24,26). The first kappa shape index (κ1) is 22.0. The van der Waals surface area contributed by atoms with Crippen LogP contribution in [0.3, 0.4) is 0 Å². The van der Waals surface area contributed by atoms with Gasteiger partial charge in [-0.05, 0) is 37.3 Å². The molecule has 0 atom stereocenters. The largest absolute Gasteiger partial charge is 0.493 e. The van der Waals surface area contributed by atoms with Crippen LogP contribution in [0.15, 0.2) is 35.7 Å². The molecule has 0 aliphatic carbocycles. The predicted octanol–water partition coefficient (Wildman–Crippen LogP) is 5.29. The number of benzene rings is 2. The van der Waals surface area contributed by atoms with Crippen LogP contribution >= 0.6 is 34.5 Å². The molecule has 30 heavy (non-hydrogen) atoms. The highest BCUT2D eigenvalue weighted by Gasteiger charge is 2.18. The number of carbonyl (C=O) groups is 1. The van der Waals surface area contributed by atoms with Crippen molar-refractivity contribution in [3.63, 3.8) is 0 Å². The molecule has 1 heterocycles. The van der Waals surface area contributed by atoms with E-state index in [2.05, 4.69) is 15.8 Å². The Morgan fingerprint density at radius 2 is 1.83 bits per heavy atom. The van der Waals surface area contributed by atoms with Crippen molar-refractivity contribution in [2.75, 3.05) is 26.3 Å². The first-order valence-electron chi connectivity index (χ1n) is 8.83. The average molecular weight is 468 g/mol. The van der Waals surface area contributed by atoms with E-state index in [1.807, 2.05) is 12.3 Å². The van der Waals surface area contributed by atoms with Crippen molar-refractivity contribution in [1.82, 2.24) is 10.4 Å². The zero-order valence-electron chi connectivity index (χ0n) is 16.4. The summed E-state index contributed by atoms with van der Waals surface area (Å²) in [6, 6.07) is 8.33. The van der Waals surface area contributed by atoms with Crippen molar-refractivity contribution in [3.05, 3.63) is 51.3 Å². The number of hydrogen-bond acceptors (Lipinski definition) is 7. The lowest BCUT2D eigenvalue weighted by Crippen LogP contribution is -2.29. The topological polar surface area (TPSA) is 81.7 Å². The van der Waals surface area contributed by atoms with Crippen LogP contribution in [0.2, 0.25) is 10.0 Å². The monoisotopic (exact) mass is 467 g/mol. The second kappa shape index (κ2) is 9.88. The molecule has 2 N–H and O–H groups in total. The summed E-state index contributed by atoms with van der Waals surface area (Å²) >= 11 is 13.5. The number of aromatic nitrogens is 1. The van der Waals surface area contributed by atoms with E-state index in [0.717, 1.165) is 5.56 Å². The van der Waals surface area contributed by atoms with Gasteiger partial charge in [-0.2, -0.15) is 0 Å². The molecule has 10 heteroatoms. The van der Waals surface area contributed by atoms with Crippen LogP contribution < -0.4 is 25.1 Å². The molecule has 0 unspecified atom stereocenters. The molecule has 1 aromatic heterocycles. The fraction of sp³-hybridized carbons (Fsp3) is 0.200. The van der Waals surface area contributed by atoms with E-state index in [1.54, 1.807) is 30.3 Å². The Morgan fingerprint density at radius 3 is 2.43 bits per heavy atom. The molecule has 0 bridgehead atoms. The third-order valence-corrected chi connectivity index (χ3v) is 5.31. The summed E-state index contributed by atoms with van der Waals surface area (Å²) in [7, 11) is 2.99. The lowest BCUT2D eigenvalue weighted by molar-refractivity contribution is 0.0962. The lowest BCUT2D eigenvalue weighted by Gasteiger charge is -2.15. The van der Waals surface area contributed by atoms with E-state index >= 15 is 0 Å². The molecule has 158 valence electrons. The van der Waals surface area contributed by atoms with Gasteiger partial charge in [0.1, 0.15) is 0 Å². The Labute approximate surface area is 187 Å². The van der Waals surface area contributed by atoms with Crippen LogP contribution in [-0.4, -0.2) is 31.7 Å². The summed E-state index contributed by atoms with van der Waals surface area (Å²) in [6.07, 6.45) is 0. The fourth-order valence-corrected chi connectivity index (χ4v) is 3.80. The van der Waals surface area contributed by atoms with Crippen LogP contribution in [0.25, 0.3) is 11.3 Å². The second-order valence-electron chi connectivity index (χ2n) is 5.88. The lowest BCUT2D eigenvalue weighted by atomic mass is 10.1. The normalized spacial score (nSPS) is 10.4. The van der Waals surface area contributed by atoms with Gasteiger partial charge in [0.2, 0.25) is 10.9 Å². The van der Waals surface area contributed by atoms with Crippen LogP contribution in [0, 0.1) is 0 Å². The zero-order valence-corrected chi connectivity index (χ0v) is 18.7. The molecule has 0 aliphatic heterocycles. The Morgan fingerprint density at radius 1 is 1.13 bits per heavy atom. The first-order chi connectivity index (χ1) is 14.5. The number of nitrogens with one attached hydrogen (secondary N) is 2. The van der Waals surface area contributed by atoms with E-state index < -0.39 is 5.91 Å². The summed E-state index contributed by atoms with van der Waals surface area (Å²) in [6.45, 7) is 2.28. The van der Waals surface area contributed by atoms with Gasteiger partial charge >= 0.3 is 0 Å². The minimum atomic E-state index is -0.393. The number of rotatable bonds is 8. The zero-order chi connectivity index (χ0) is 21.7. The van der Waals surface area contributed by atoms with Gasteiger partial charge < -0.3 is 14.2 Å². The van der Waals surface area contributed by atoms with Crippen molar-refractivity contribution >= 4 is 45.6 Å². The predicted molar refractivity (Wildman–Crippen MR) is 119 cm³/mol. The Hall–Kier alpha value is -2.68. The van der Waals surface area contributed by atoms with Gasteiger partial charge in [0.15, 0.2) is 11.5 Å². The quantitative estimate of drug-likeness (QED) is 0.438. The molecule has 0 saturated carbocycles. The number of methoxy groups -OCH3 is 2. The number of ether oxygens (including phenoxy) is 3. The van der Waals surface area contributed by atoms with E-state index in [9.17, 15) is 4.79 Å². The average Bonchev–Trinajstić information content (AvgIpc) is 3.20. The highest BCUT2D eigenvalue weighted by molar-refractivity contribution is 7.14. The number of hydrogen-bond donors (Lipinski definition) is 2. The fourth-order valence-electron chi connectivity index (χ4n) is 2.63. The molecule has 0 fully saturated rings. The highest BCUT2D eigenvalue weighted by atomic mass is 35.5. The molecule has 0 spiro atoms. The van der Waals surface area contributed by atoms with Crippen molar-refractivity contribution in [1.29, 1.82) is 0 Å². The molecule has 3 aromatic rings. The van der Waals surface area contributed by atoms with E-state index in [0.29, 0.717) is 50.3 Å². The molecule has 1 amide bonds. The maximum atomic E-state index is 12.6. The van der Waals surface area contributed by atoms with E-state index in [4.69, 9.17) is 37.4 Å². The van der Waals surface area contributed by atoms with Crippen LogP contribution in [0.5, 0.6) is 17.2 Å². The minimum absolute atomic E-state index is 0.331. The minimum Gasteiger partial charge on any atom is -0.493 e. The van der Waals surface area contributed by atoms with Crippen molar-refractivity contribution in [2.45, 2.75) is 6.92 Å². The Bertz CT molecular complexity index is 1030. The third kappa shape index (κ3) is 4.89. The number of thiazole rings is 1. The molecule has 2 aromatic carbocycles. The first-order valence-corrected chi connectivity index (χ1v) is 10.5. The van der Waals surface area contributed by atoms with Gasteiger partial charge in [-0.3, -0.25) is 15.6 Å². The molecule has 3 rings (SSSR count). The number of nitrogens with zero attached hydrogens (tertiary/aromatic N) is 1. The van der Waals surface area contributed by atoms with E-state index in [1.165, 1.54) is 25.6 Å². The number of hydrazine groups is 1. The van der Waals surface area contributed by atoms with Crippen molar-refractivity contribution < 1.29 is 19.0 Å². The number of halogens is 2. The van der Waals surface area contributed by atoms with Crippen molar-refractivity contribution in [2.24, 2.45) is 0 Å². The molecular formula is C20H19Cl2N3O4S. The van der Waals surface area contributed by atoms with Crippen molar-refractivity contribution in [3.8, 4) is 28.5 Å². The third-order valence-electron chi connectivity index (χ3n) is 4.01. The second-order valence-corrected chi connectivity index (χ2v) is 7.59. The van der Waals surface area contributed by atoms with Gasteiger partial charge in [-0.1, -0.05) is 23.2 Å². The van der Waals surface area contributed by atoms with Crippen LogP contribution in [0.1, 0.15) is 17.3 Å². The Balaban J connectivity index is 1.74. The maximum absolute atomic E-state index is 12.6. The van der Waals surface area contributed by atoms with Gasteiger partial charge in [0.05, 0.1) is 31.5 Å². The summed E-state index contributed by atoms with van der Waals surface area (Å²) in [5, 5.41) is 3.36. The Kier molecular flexibility index (Phi) is 7.25.